The summed E-state index contributed by atoms with van der Waals surface area (Å²) in [5, 5.41) is 14.6. The smallest absolute Gasteiger partial charge is 0.0917 e. The highest BCUT2D eigenvalue weighted by Crippen LogP contribution is 2.21. The molecule has 1 unspecified atom stereocenters. The van der Waals surface area contributed by atoms with Crippen LogP contribution in [0.5, 0.6) is 0 Å². The Morgan fingerprint density at radius 2 is 1.83 bits per heavy atom. The number of piperidine rings is 1. The third-order valence-electron chi connectivity index (χ3n) is 4.40. The zero-order valence-corrected chi connectivity index (χ0v) is 13.9. The van der Waals surface area contributed by atoms with Crippen LogP contribution >= 0.6 is 11.6 Å². The highest BCUT2D eigenvalue weighted by atomic mass is 35.5. The van der Waals surface area contributed by atoms with Gasteiger partial charge in [-0.25, -0.2) is 0 Å². The number of likely N-dealkylation sites (tertiary alicyclic amines) is 1. The minimum Gasteiger partial charge on any atom is -0.387 e. The lowest BCUT2D eigenvalue weighted by Crippen LogP contribution is -2.40. The van der Waals surface area contributed by atoms with Crippen LogP contribution in [0.1, 0.15) is 24.5 Å². The molecule has 0 radical (unpaired) electrons. The number of nitrogens with one attached hydrogen (secondary N) is 1. The van der Waals surface area contributed by atoms with Crippen molar-refractivity contribution in [2.75, 3.05) is 25.0 Å². The largest absolute Gasteiger partial charge is 0.387 e. The van der Waals surface area contributed by atoms with E-state index < -0.39 is 6.10 Å². The molecule has 3 nitrogen and oxygen atoms in total. The highest BCUT2D eigenvalue weighted by Gasteiger charge is 2.21. The number of aliphatic hydroxyl groups is 1. The Bertz CT molecular complexity index is 612. The van der Waals surface area contributed by atoms with Gasteiger partial charge in [0.15, 0.2) is 0 Å². The van der Waals surface area contributed by atoms with E-state index in [4.69, 9.17) is 11.6 Å². The maximum Gasteiger partial charge on any atom is 0.0917 e. The summed E-state index contributed by atoms with van der Waals surface area (Å²) in [5.74, 6) is 0. The van der Waals surface area contributed by atoms with Crippen molar-refractivity contribution in [1.82, 2.24) is 4.90 Å². The van der Waals surface area contributed by atoms with Crippen molar-refractivity contribution in [3.8, 4) is 0 Å². The van der Waals surface area contributed by atoms with Crippen LogP contribution in [0.15, 0.2) is 54.6 Å². The molecule has 0 spiro atoms. The van der Waals surface area contributed by atoms with Gasteiger partial charge in [-0.2, -0.15) is 0 Å². The summed E-state index contributed by atoms with van der Waals surface area (Å²) >= 11 is 5.99. The number of benzene rings is 2. The summed E-state index contributed by atoms with van der Waals surface area (Å²) in [6.45, 7) is 2.67. The molecule has 0 aromatic heterocycles. The zero-order chi connectivity index (χ0) is 16.1. The van der Waals surface area contributed by atoms with Gasteiger partial charge < -0.3 is 15.3 Å². The highest BCUT2D eigenvalue weighted by molar-refractivity contribution is 6.30. The van der Waals surface area contributed by atoms with Crippen LogP contribution in [-0.4, -0.2) is 35.7 Å². The van der Waals surface area contributed by atoms with E-state index in [9.17, 15) is 5.11 Å². The van der Waals surface area contributed by atoms with Gasteiger partial charge in [0, 0.05) is 36.4 Å². The van der Waals surface area contributed by atoms with E-state index in [2.05, 4.69) is 34.5 Å². The van der Waals surface area contributed by atoms with Crippen LogP contribution in [0.3, 0.4) is 0 Å². The fourth-order valence-corrected chi connectivity index (χ4v) is 3.29. The van der Waals surface area contributed by atoms with E-state index in [-0.39, 0.29) is 0 Å². The molecule has 4 heteroatoms. The third kappa shape index (κ3) is 4.71. The van der Waals surface area contributed by atoms with Crippen molar-refractivity contribution >= 4 is 17.3 Å². The summed E-state index contributed by atoms with van der Waals surface area (Å²) in [4.78, 5) is 2.33. The molecule has 3 rings (SSSR count). The summed E-state index contributed by atoms with van der Waals surface area (Å²) in [7, 11) is 0. The van der Waals surface area contributed by atoms with Crippen LogP contribution in [0, 0.1) is 0 Å². The number of aliphatic hydroxyl groups excluding tert-OH is 1. The summed E-state index contributed by atoms with van der Waals surface area (Å²) in [5.41, 5.74) is 2.08. The molecule has 2 N–H and O–H groups in total. The van der Waals surface area contributed by atoms with Gasteiger partial charge in [-0.15, -0.1) is 0 Å². The van der Waals surface area contributed by atoms with Gasteiger partial charge in [-0.3, -0.25) is 0 Å². The van der Waals surface area contributed by atoms with E-state index in [1.165, 1.54) is 5.69 Å². The fraction of sp³-hybridized carbons (Fsp3) is 0.368. The molecule has 122 valence electrons. The van der Waals surface area contributed by atoms with E-state index in [1.54, 1.807) is 0 Å². The summed E-state index contributed by atoms with van der Waals surface area (Å²) < 4.78 is 0. The lowest BCUT2D eigenvalue weighted by molar-refractivity contribution is 0.0991. The molecule has 2 aromatic rings. The average molecular weight is 331 g/mol. The molecule has 1 saturated heterocycles. The first-order valence-electron chi connectivity index (χ1n) is 8.18. The molecule has 1 aliphatic heterocycles. The van der Waals surface area contributed by atoms with Gasteiger partial charge in [0.1, 0.15) is 0 Å². The molecule has 23 heavy (non-hydrogen) atoms. The number of halogens is 1. The van der Waals surface area contributed by atoms with Crippen molar-refractivity contribution in [2.24, 2.45) is 0 Å². The molecule has 1 atom stereocenters. The molecule has 2 aromatic carbocycles. The Kier molecular flexibility index (Phi) is 5.55. The number of hydrogen-bond acceptors (Lipinski definition) is 3. The van der Waals surface area contributed by atoms with Crippen molar-refractivity contribution in [3.05, 3.63) is 65.2 Å². The van der Waals surface area contributed by atoms with Crippen molar-refractivity contribution in [3.63, 3.8) is 0 Å². The summed E-state index contributed by atoms with van der Waals surface area (Å²) in [6, 6.07) is 18.4. The molecule has 0 amide bonds. The standard InChI is InChI=1S/C19H23ClN2O/c20-16-6-4-5-15(13-16)19(23)14-22-11-9-18(10-12-22)21-17-7-2-1-3-8-17/h1-8,13,18-19,21,23H,9-12,14H2. The van der Waals surface area contributed by atoms with Crippen LogP contribution < -0.4 is 5.32 Å². The Balaban J connectivity index is 1.47. The lowest BCUT2D eigenvalue weighted by atomic mass is 10.0. The average Bonchev–Trinajstić information content (AvgIpc) is 2.57. The van der Waals surface area contributed by atoms with E-state index in [0.717, 1.165) is 31.5 Å². The Morgan fingerprint density at radius 3 is 2.52 bits per heavy atom. The maximum absolute atomic E-state index is 10.4. The first-order valence-corrected chi connectivity index (χ1v) is 8.56. The second-order valence-corrected chi connectivity index (χ2v) is 6.59. The van der Waals surface area contributed by atoms with E-state index in [0.29, 0.717) is 17.6 Å². The first kappa shape index (κ1) is 16.3. The number of hydrogen-bond donors (Lipinski definition) is 2. The third-order valence-corrected chi connectivity index (χ3v) is 4.63. The van der Waals surface area contributed by atoms with Crippen LogP contribution in [-0.2, 0) is 0 Å². The monoisotopic (exact) mass is 330 g/mol. The molecular weight excluding hydrogens is 308 g/mol. The number of anilines is 1. The predicted octanol–water partition coefficient (Wildman–Crippen LogP) is 3.95. The lowest BCUT2D eigenvalue weighted by Gasteiger charge is -2.34. The van der Waals surface area contributed by atoms with Gasteiger partial charge in [0.05, 0.1) is 6.10 Å². The predicted molar refractivity (Wildman–Crippen MR) is 95.9 cm³/mol. The molecule has 1 heterocycles. The number of β-amino-alcohol motifs (C(OH)–C–C–N with tert-alkyl or cyclic N) is 1. The SMILES string of the molecule is OC(CN1CCC(Nc2ccccc2)CC1)c1cccc(Cl)c1. The van der Waals surface area contributed by atoms with Gasteiger partial charge in [0.2, 0.25) is 0 Å². The first-order chi connectivity index (χ1) is 11.2. The van der Waals surface area contributed by atoms with Crippen molar-refractivity contribution in [2.45, 2.75) is 25.0 Å². The summed E-state index contributed by atoms with van der Waals surface area (Å²) in [6.07, 6.45) is 1.71. The fourth-order valence-electron chi connectivity index (χ4n) is 3.09. The molecule has 0 bridgehead atoms. The second kappa shape index (κ2) is 7.82. The molecule has 0 saturated carbocycles. The molecule has 1 aliphatic rings. The molecular formula is C19H23ClN2O. The normalized spacial score (nSPS) is 17.8. The van der Waals surface area contributed by atoms with Crippen LogP contribution in [0.25, 0.3) is 0 Å². The van der Waals surface area contributed by atoms with Crippen LogP contribution in [0.4, 0.5) is 5.69 Å². The van der Waals surface area contributed by atoms with Gasteiger partial charge >= 0.3 is 0 Å². The second-order valence-electron chi connectivity index (χ2n) is 6.16. The van der Waals surface area contributed by atoms with Crippen molar-refractivity contribution < 1.29 is 5.11 Å². The number of rotatable bonds is 5. The Morgan fingerprint density at radius 1 is 1.09 bits per heavy atom. The topological polar surface area (TPSA) is 35.5 Å². The van der Waals surface area contributed by atoms with Gasteiger partial charge in [-0.1, -0.05) is 41.9 Å². The minimum atomic E-state index is -0.479. The molecule has 0 aliphatic carbocycles. The van der Waals surface area contributed by atoms with Gasteiger partial charge in [0.25, 0.3) is 0 Å². The Hall–Kier alpha value is -1.55. The van der Waals surface area contributed by atoms with Crippen LogP contribution in [0.2, 0.25) is 5.02 Å². The Labute approximate surface area is 142 Å². The number of para-hydroxylation sites is 1. The minimum absolute atomic E-state index is 0.479. The van der Waals surface area contributed by atoms with Crippen molar-refractivity contribution in [1.29, 1.82) is 0 Å². The maximum atomic E-state index is 10.4. The van der Waals surface area contributed by atoms with Gasteiger partial charge in [-0.05, 0) is 42.7 Å². The number of nitrogens with zero attached hydrogens (tertiary/aromatic N) is 1. The molecule has 1 fully saturated rings. The quantitative estimate of drug-likeness (QED) is 0.871. The zero-order valence-electron chi connectivity index (χ0n) is 13.2. The van der Waals surface area contributed by atoms with E-state index >= 15 is 0 Å². The van der Waals surface area contributed by atoms with E-state index in [1.807, 2.05) is 30.3 Å².